The standard InChI is InChI=1S/C19H21N5.C19H20N2.N3.Na/c1-3-7-16(8-4-1)15-24-13-11-19(12-14-24,18-20-22-23-21-18)17-9-5-2-6-10-17;20-16-19(18-9-5-2-6-10-18)11-13-21(14-12-19)15-17-7-3-1-4-8-17;1-3-2;/h1-10H,11-15H2,(H,20,21,22,23);1-10H,11-15H2;;/q;;-1;+1. The van der Waals surface area contributed by atoms with Crippen molar-refractivity contribution < 1.29 is 29.6 Å². The zero-order valence-corrected chi connectivity index (χ0v) is 30.1. The summed E-state index contributed by atoms with van der Waals surface area (Å²) in [7, 11) is 0. The molecule has 0 atom stereocenters. The maximum absolute atomic E-state index is 9.70. The zero-order chi connectivity index (χ0) is 33.5. The molecule has 2 saturated heterocycles. The zero-order valence-electron chi connectivity index (χ0n) is 28.1. The van der Waals surface area contributed by atoms with Crippen LogP contribution < -0.4 is 29.6 Å². The van der Waals surface area contributed by atoms with Crippen molar-refractivity contribution in [2.24, 2.45) is 0 Å². The number of H-pyrrole nitrogens is 1. The van der Waals surface area contributed by atoms with Gasteiger partial charge in [-0.05, 0) is 61.0 Å². The van der Waals surface area contributed by atoms with Crippen molar-refractivity contribution >= 4 is 0 Å². The van der Waals surface area contributed by atoms with Crippen LogP contribution in [-0.2, 0) is 23.9 Å². The minimum atomic E-state index is -0.297. The molecule has 0 saturated carbocycles. The largest absolute Gasteiger partial charge is 1.00 e. The maximum atomic E-state index is 9.70. The summed E-state index contributed by atoms with van der Waals surface area (Å²) >= 11 is 0. The van der Waals surface area contributed by atoms with Gasteiger partial charge >= 0.3 is 29.6 Å². The number of likely N-dealkylation sites (tertiary alicyclic amines) is 2. The van der Waals surface area contributed by atoms with E-state index in [9.17, 15) is 5.26 Å². The number of aromatic amines is 1. The summed E-state index contributed by atoms with van der Waals surface area (Å²) < 4.78 is 0. The van der Waals surface area contributed by atoms with Gasteiger partial charge in [-0.2, -0.15) is 10.5 Å². The molecule has 0 amide bonds. The molecule has 5 aromatic rings. The molecule has 1 N–H and O–H groups in total. The molecule has 11 heteroatoms. The van der Waals surface area contributed by atoms with E-state index in [2.05, 4.69) is 140 Å². The first-order valence-electron chi connectivity index (χ1n) is 16.4. The molecule has 2 aliphatic heterocycles. The molecule has 49 heavy (non-hydrogen) atoms. The van der Waals surface area contributed by atoms with Crippen LogP contribution in [0, 0.1) is 11.3 Å². The molecule has 0 bridgehead atoms. The van der Waals surface area contributed by atoms with Gasteiger partial charge in [-0.25, -0.2) is 0 Å². The van der Waals surface area contributed by atoms with Gasteiger partial charge in [-0.15, -0.1) is 10.2 Å². The normalized spacial score (nSPS) is 16.6. The fraction of sp³-hybridized carbons (Fsp3) is 0.316. The summed E-state index contributed by atoms with van der Waals surface area (Å²) in [6, 6.07) is 44.7. The van der Waals surface area contributed by atoms with E-state index in [4.69, 9.17) is 11.1 Å². The Morgan fingerprint density at radius 2 is 1.06 bits per heavy atom. The quantitative estimate of drug-likeness (QED) is 0.119. The van der Waals surface area contributed by atoms with Gasteiger partial charge in [0.25, 0.3) is 0 Å². The second-order valence-electron chi connectivity index (χ2n) is 12.4. The molecule has 10 nitrogen and oxygen atoms in total. The summed E-state index contributed by atoms with van der Waals surface area (Å²) in [5.74, 6) is 0.813. The van der Waals surface area contributed by atoms with Crippen LogP contribution in [0.25, 0.3) is 16.0 Å². The van der Waals surface area contributed by atoms with Crippen LogP contribution in [0.2, 0.25) is 0 Å². The number of nitrogens with one attached hydrogen (secondary N) is 1. The third-order valence-corrected chi connectivity index (χ3v) is 9.56. The predicted octanol–water partition coefficient (Wildman–Crippen LogP) is 4.40. The summed E-state index contributed by atoms with van der Waals surface area (Å²) in [6.45, 7) is 6.00. The van der Waals surface area contributed by atoms with Gasteiger partial charge < -0.3 is 11.1 Å². The third-order valence-electron chi connectivity index (χ3n) is 9.56. The molecule has 3 heterocycles. The fourth-order valence-electron chi connectivity index (χ4n) is 6.85. The second kappa shape index (κ2) is 19.0. The molecule has 0 radical (unpaired) electrons. The molecule has 0 spiro atoms. The van der Waals surface area contributed by atoms with E-state index in [0.717, 1.165) is 70.8 Å². The number of tetrazole rings is 1. The molecule has 0 unspecified atom stereocenters. The van der Waals surface area contributed by atoms with Crippen LogP contribution in [-0.4, -0.2) is 56.6 Å². The van der Waals surface area contributed by atoms with E-state index < -0.39 is 0 Å². The molecule has 7 rings (SSSR count). The smallest absolute Gasteiger partial charge is 0.373 e. The Labute approximate surface area is 310 Å². The summed E-state index contributed by atoms with van der Waals surface area (Å²) in [5.41, 5.74) is 18.2. The minimum absolute atomic E-state index is 0. The molecule has 2 aliphatic rings. The fourth-order valence-corrected chi connectivity index (χ4v) is 6.85. The Morgan fingerprint density at radius 1 is 0.653 bits per heavy atom. The Balaban J connectivity index is 0.000000202. The van der Waals surface area contributed by atoms with Crippen LogP contribution in [0.3, 0.4) is 0 Å². The van der Waals surface area contributed by atoms with E-state index >= 15 is 0 Å². The molecule has 0 aliphatic carbocycles. The van der Waals surface area contributed by atoms with Gasteiger partial charge in [0.05, 0.1) is 16.9 Å². The first kappa shape index (κ1) is 37.5. The summed E-state index contributed by atoms with van der Waals surface area (Å²) in [6.07, 6.45) is 3.84. The molecule has 2 fully saturated rings. The monoisotopic (exact) mass is 660 g/mol. The number of piperidine rings is 2. The Bertz CT molecular complexity index is 1710. The van der Waals surface area contributed by atoms with Gasteiger partial charge in [0.1, 0.15) is 0 Å². The van der Waals surface area contributed by atoms with E-state index in [0.29, 0.717) is 0 Å². The number of aromatic nitrogens is 4. The molecule has 1 aromatic heterocycles. The van der Waals surface area contributed by atoms with Crippen molar-refractivity contribution in [1.29, 1.82) is 5.26 Å². The Morgan fingerprint density at radius 3 is 1.47 bits per heavy atom. The SMILES string of the molecule is N#CC1(c2ccccc2)CCN(Cc2ccccc2)CC1.[N-]=[N+]=[N-].[Na+].c1ccc(CN2CCC(c3ccccc3)(c3nn[nH]n3)CC2)cc1. The average Bonchev–Trinajstić information content (AvgIpc) is 3.71. The Hall–Kier alpha value is -4.33. The molecule has 4 aromatic carbocycles. The topological polar surface area (TPSA) is 143 Å². The minimum Gasteiger partial charge on any atom is -0.373 e. The third kappa shape index (κ3) is 9.87. The van der Waals surface area contributed by atoms with Crippen LogP contribution in [0.15, 0.2) is 121 Å². The first-order chi connectivity index (χ1) is 23.6. The average molecular weight is 661 g/mol. The molecular weight excluding hydrogens is 619 g/mol. The number of nitrogens with zero attached hydrogens (tertiary/aromatic N) is 9. The maximum Gasteiger partial charge on any atom is 1.00 e. The molecule has 244 valence electrons. The van der Waals surface area contributed by atoms with Crippen molar-refractivity contribution in [1.82, 2.24) is 30.4 Å². The number of hydrogen-bond donors (Lipinski definition) is 1. The van der Waals surface area contributed by atoms with E-state index in [1.165, 1.54) is 27.2 Å². The van der Waals surface area contributed by atoms with Crippen LogP contribution in [0.5, 0.6) is 0 Å². The van der Waals surface area contributed by atoms with Crippen molar-refractivity contribution in [2.45, 2.75) is 49.6 Å². The Kier molecular flexibility index (Phi) is 14.5. The van der Waals surface area contributed by atoms with Gasteiger partial charge in [0.2, 0.25) is 0 Å². The summed E-state index contributed by atoms with van der Waals surface area (Å²) in [4.78, 5) is 6.46. The molecular formula is C38H41N10Na. The number of rotatable bonds is 7. The van der Waals surface area contributed by atoms with Crippen LogP contribution in [0.4, 0.5) is 0 Å². The van der Waals surface area contributed by atoms with Crippen molar-refractivity contribution in [2.75, 3.05) is 26.2 Å². The number of nitriles is 1. The van der Waals surface area contributed by atoms with Crippen LogP contribution >= 0.6 is 0 Å². The van der Waals surface area contributed by atoms with E-state index in [-0.39, 0.29) is 40.4 Å². The van der Waals surface area contributed by atoms with Crippen molar-refractivity contribution in [3.8, 4) is 6.07 Å². The number of hydrogen-bond acceptors (Lipinski definition) is 6. The van der Waals surface area contributed by atoms with Crippen molar-refractivity contribution in [3.63, 3.8) is 0 Å². The number of benzene rings is 4. The van der Waals surface area contributed by atoms with Gasteiger partial charge in [-0.1, -0.05) is 127 Å². The first-order valence-corrected chi connectivity index (χ1v) is 16.4. The predicted molar refractivity (Wildman–Crippen MR) is 187 cm³/mol. The van der Waals surface area contributed by atoms with Gasteiger partial charge in [-0.3, -0.25) is 14.7 Å². The van der Waals surface area contributed by atoms with Crippen LogP contribution in [0.1, 0.15) is 53.8 Å². The van der Waals surface area contributed by atoms with Crippen molar-refractivity contribution in [3.05, 3.63) is 165 Å². The van der Waals surface area contributed by atoms with E-state index in [1.807, 2.05) is 18.2 Å². The summed E-state index contributed by atoms with van der Waals surface area (Å²) in [5, 5.41) is 24.8. The van der Waals surface area contributed by atoms with Gasteiger partial charge in [0, 0.05) is 26.2 Å². The van der Waals surface area contributed by atoms with E-state index in [1.54, 1.807) is 0 Å². The van der Waals surface area contributed by atoms with Gasteiger partial charge in [0.15, 0.2) is 5.82 Å². The second-order valence-corrected chi connectivity index (χ2v) is 12.4.